The molecule has 1 aromatic heterocycles. The number of fused-ring (bicyclic) bond motifs is 1. The summed E-state index contributed by atoms with van der Waals surface area (Å²) < 4.78 is 28.7. The molecule has 4 rings (SSSR count). The second-order valence-electron chi connectivity index (χ2n) is 7.00. The van der Waals surface area contributed by atoms with Gasteiger partial charge in [0.2, 0.25) is 0 Å². The van der Waals surface area contributed by atoms with Gasteiger partial charge in [-0.05, 0) is 43.7 Å². The number of halogens is 2. The maximum Gasteiger partial charge on any atom is 0.252 e. The minimum Gasteiger partial charge on any atom is -0.343 e. The highest BCUT2D eigenvalue weighted by Crippen LogP contribution is 2.32. The molecule has 28 heavy (non-hydrogen) atoms. The molecular weight excluding hydrogens is 362 g/mol. The quantitative estimate of drug-likeness (QED) is 0.645. The minimum absolute atomic E-state index is 0.0163. The molecule has 146 valence electrons. The normalized spacial score (nSPS) is 19.3. The van der Waals surface area contributed by atoms with Crippen LogP contribution in [0, 0.1) is 18.6 Å². The molecule has 1 aliphatic rings. The lowest BCUT2D eigenvalue weighted by Crippen LogP contribution is -2.44. The molecule has 0 aliphatic carbocycles. The number of para-hydroxylation sites is 1. The third kappa shape index (κ3) is 3.16. The molecule has 1 fully saturated rings. The highest BCUT2D eigenvalue weighted by atomic mass is 19.2. The van der Waals surface area contributed by atoms with Gasteiger partial charge in [-0.25, -0.2) is 19.6 Å². The van der Waals surface area contributed by atoms with E-state index in [4.69, 9.17) is 0 Å². The van der Waals surface area contributed by atoms with Gasteiger partial charge in [-0.3, -0.25) is 4.79 Å². The van der Waals surface area contributed by atoms with E-state index in [0.717, 1.165) is 18.7 Å². The SMILES string of the molecule is CCn1c(C2CC(NC(=O)c3ccc(F)c(F)c3)NN2)c(C)c2ccccc21. The minimum atomic E-state index is -1.04. The lowest BCUT2D eigenvalue weighted by Gasteiger charge is -2.15. The second-order valence-corrected chi connectivity index (χ2v) is 7.00. The van der Waals surface area contributed by atoms with Crippen LogP contribution in [-0.2, 0) is 6.54 Å². The predicted octanol–water partition coefficient (Wildman–Crippen LogP) is 3.54. The van der Waals surface area contributed by atoms with E-state index in [1.54, 1.807) is 0 Å². The van der Waals surface area contributed by atoms with Crippen molar-refractivity contribution in [1.82, 2.24) is 20.7 Å². The Bertz CT molecular complexity index is 1050. The predicted molar refractivity (Wildman–Crippen MR) is 104 cm³/mol. The summed E-state index contributed by atoms with van der Waals surface area (Å²) in [4.78, 5) is 12.4. The Labute approximate surface area is 161 Å². The van der Waals surface area contributed by atoms with Gasteiger partial charge in [-0.15, -0.1) is 0 Å². The summed E-state index contributed by atoms with van der Waals surface area (Å²) >= 11 is 0. The number of nitrogens with one attached hydrogen (secondary N) is 3. The molecule has 5 nitrogen and oxygen atoms in total. The van der Waals surface area contributed by atoms with E-state index in [1.165, 1.54) is 28.2 Å². The van der Waals surface area contributed by atoms with Gasteiger partial charge in [0.1, 0.15) is 0 Å². The summed E-state index contributed by atoms with van der Waals surface area (Å²) in [6.45, 7) is 5.06. The van der Waals surface area contributed by atoms with Crippen LogP contribution in [0.3, 0.4) is 0 Å². The number of hydrogen-bond acceptors (Lipinski definition) is 3. The molecule has 0 radical (unpaired) electrons. The summed E-state index contributed by atoms with van der Waals surface area (Å²) in [5, 5.41) is 4.04. The highest BCUT2D eigenvalue weighted by Gasteiger charge is 2.30. The molecule has 7 heteroatoms. The van der Waals surface area contributed by atoms with Crippen molar-refractivity contribution in [2.75, 3.05) is 0 Å². The fraction of sp³-hybridized carbons (Fsp3) is 0.286. The number of hydrazine groups is 1. The van der Waals surface area contributed by atoms with Crippen molar-refractivity contribution in [2.45, 2.75) is 39.0 Å². The number of benzene rings is 2. The molecule has 2 unspecified atom stereocenters. The zero-order chi connectivity index (χ0) is 19.8. The third-order valence-electron chi connectivity index (χ3n) is 5.31. The molecule has 2 atom stereocenters. The van der Waals surface area contributed by atoms with Gasteiger partial charge in [-0.2, -0.15) is 0 Å². The number of amides is 1. The Morgan fingerprint density at radius 1 is 1.18 bits per heavy atom. The van der Waals surface area contributed by atoms with Crippen LogP contribution in [0.4, 0.5) is 8.78 Å². The van der Waals surface area contributed by atoms with E-state index in [-0.39, 0.29) is 17.8 Å². The molecule has 3 N–H and O–H groups in total. The fourth-order valence-corrected chi connectivity index (χ4v) is 4.00. The van der Waals surface area contributed by atoms with Crippen LogP contribution in [0.15, 0.2) is 42.5 Å². The van der Waals surface area contributed by atoms with Gasteiger partial charge >= 0.3 is 0 Å². The summed E-state index contributed by atoms with van der Waals surface area (Å²) in [6.07, 6.45) is 0.306. The van der Waals surface area contributed by atoms with Gasteiger partial charge in [0, 0.05) is 35.1 Å². The van der Waals surface area contributed by atoms with Gasteiger partial charge < -0.3 is 9.88 Å². The number of rotatable bonds is 4. The second kappa shape index (κ2) is 7.33. The van der Waals surface area contributed by atoms with Crippen molar-refractivity contribution in [3.05, 3.63) is 70.9 Å². The van der Waals surface area contributed by atoms with E-state index < -0.39 is 17.5 Å². The Balaban J connectivity index is 1.53. The van der Waals surface area contributed by atoms with Crippen LogP contribution in [-0.4, -0.2) is 16.6 Å². The van der Waals surface area contributed by atoms with Crippen molar-refractivity contribution < 1.29 is 13.6 Å². The maximum atomic E-state index is 13.4. The van der Waals surface area contributed by atoms with Gasteiger partial charge in [0.15, 0.2) is 11.6 Å². The molecule has 0 bridgehead atoms. The Kier molecular flexibility index (Phi) is 4.87. The Hall–Kier alpha value is -2.77. The first-order valence-corrected chi connectivity index (χ1v) is 9.34. The van der Waals surface area contributed by atoms with E-state index in [0.29, 0.717) is 6.42 Å². The standard InChI is InChI=1S/C21H22F2N4O/c1-3-27-18-7-5-4-6-14(18)12(2)20(27)17-11-19(26-25-17)24-21(28)13-8-9-15(22)16(23)10-13/h4-10,17,19,25-26H,3,11H2,1-2H3,(H,24,28). The van der Waals surface area contributed by atoms with E-state index in [9.17, 15) is 13.6 Å². The zero-order valence-corrected chi connectivity index (χ0v) is 15.7. The van der Waals surface area contributed by atoms with Crippen molar-refractivity contribution in [2.24, 2.45) is 0 Å². The van der Waals surface area contributed by atoms with Crippen LogP contribution in [0.1, 0.15) is 41.0 Å². The van der Waals surface area contributed by atoms with Crippen LogP contribution in [0.2, 0.25) is 0 Å². The van der Waals surface area contributed by atoms with Crippen LogP contribution in [0.5, 0.6) is 0 Å². The largest absolute Gasteiger partial charge is 0.343 e. The number of aromatic nitrogens is 1. The molecule has 3 aromatic rings. The first kappa shape index (κ1) is 18.6. The summed E-state index contributed by atoms with van der Waals surface area (Å²) in [5.74, 6) is -2.46. The molecule has 2 heterocycles. The zero-order valence-electron chi connectivity index (χ0n) is 15.7. The van der Waals surface area contributed by atoms with E-state index >= 15 is 0 Å². The molecule has 0 saturated carbocycles. The molecule has 1 saturated heterocycles. The molecular formula is C21H22F2N4O. The Morgan fingerprint density at radius 2 is 1.96 bits per heavy atom. The number of nitrogens with zero attached hydrogens (tertiary/aromatic N) is 1. The molecule has 1 aliphatic heterocycles. The van der Waals surface area contributed by atoms with Crippen LogP contribution >= 0.6 is 0 Å². The van der Waals surface area contributed by atoms with Gasteiger partial charge in [0.05, 0.1) is 12.2 Å². The van der Waals surface area contributed by atoms with E-state index in [2.05, 4.69) is 46.7 Å². The van der Waals surface area contributed by atoms with Crippen molar-refractivity contribution in [3.63, 3.8) is 0 Å². The van der Waals surface area contributed by atoms with Gasteiger partial charge in [0.25, 0.3) is 5.91 Å². The number of carbonyl (C=O) groups is 1. The van der Waals surface area contributed by atoms with Crippen molar-refractivity contribution in [3.8, 4) is 0 Å². The first-order chi connectivity index (χ1) is 13.5. The van der Waals surface area contributed by atoms with E-state index in [1.807, 2.05) is 12.1 Å². The van der Waals surface area contributed by atoms with Gasteiger partial charge in [-0.1, -0.05) is 18.2 Å². The van der Waals surface area contributed by atoms with Crippen LogP contribution in [0.25, 0.3) is 10.9 Å². The summed E-state index contributed by atoms with van der Waals surface area (Å²) in [7, 11) is 0. The van der Waals surface area contributed by atoms with Crippen molar-refractivity contribution in [1.29, 1.82) is 0 Å². The molecule has 0 spiro atoms. The summed E-state index contributed by atoms with van der Waals surface area (Å²) in [6, 6.07) is 11.4. The van der Waals surface area contributed by atoms with Crippen molar-refractivity contribution >= 4 is 16.8 Å². The smallest absolute Gasteiger partial charge is 0.252 e. The Morgan fingerprint density at radius 3 is 2.71 bits per heavy atom. The molecule has 2 aromatic carbocycles. The highest BCUT2D eigenvalue weighted by molar-refractivity contribution is 5.94. The summed E-state index contributed by atoms with van der Waals surface area (Å²) in [5.41, 5.74) is 10.0. The topological polar surface area (TPSA) is 58.1 Å². The first-order valence-electron chi connectivity index (χ1n) is 9.34. The average Bonchev–Trinajstić information content (AvgIpc) is 3.26. The lowest BCUT2D eigenvalue weighted by atomic mass is 10.1. The lowest BCUT2D eigenvalue weighted by molar-refractivity contribution is 0.0931. The maximum absolute atomic E-state index is 13.4. The molecule has 1 amide bonds. The number of hydrogen-bond donors (Lipinski definition) is 3. The average molecular weight is 384 g/mol. The number of carbonyl (C=O) groups excluding carboxylic acids is 1. The fourth-order valence-electron chi connectivity index (χ4n) is 4.00. The van der Waals surface area contributed by atoms with Crippen LogP contribution < -0.4 is 16.2 Å². The monoisotopic (exact) mass is 384 g/mol. The third-order valence-corrected chi connectivity index (χ3v) is 5.31. The number of aryl methyl sites for hydroxylation is 2.